The van der Waals surface area contributed by atoms with Crippen molar-refractivity contribution >= 4 is 5.91 Å². The highest BCUT2D eigenvalue weighted by atomic mass is 16.5. The minimum Gasteiger partial charge on any atom is -0.508 e. The van der Waals surface area contributed by atoms with Gasteiger partial charge in [0.05, 0.1) is 12.2 Å². The standard InChI is InChI=1S/C10H11NO4/c12-4-3-11-6-15-9-2-1-7(13)5-8(9)10(11)14/h1-2,5,12-13H,3-4,6H2. The first-order chi connectivity index (χ1) is 7.22. The van der Waals surface area contributed by atoms with E-state index in [2.05, 4.69) is 0 Å². The average molecular weight is 209 g/mol. The molecule has 5 nitrogen and oxygen atoms in total. The summed E-state index contributed by atoms with van der Waals surface area (Å²) in [6, 6.07) is 4.38. The van der Waals surface area contributed by atoms with E-state index in [9.17, 15) is 9.90 Å². The zero-order valence-corrected chi connectivity index (χ0v) is 8.01. The average Bonchev–Trinajstić information content (AvgIpc) is 2.23. The normalized spacial score (nSPS) is 14.7. The quantitative estimate of drug-likeness (QED) is 0.728. The lowest BCUT2D eigenvalue weighted by Gasteiger charge is -2.28. The van der Waals surface area contributed by atoms with E-state index in [-0.39, 0.29) is 31.5 Å². The van der Waals surface area contributed by atoms with Crippen molar-refractivity contribution in [2.45, 2.75) is 0 Å². The number of hydrogen-bond donors (Lipinski definition) is 2. The molecule has 1 aromatic rings. The number of phenolic OH excluding ortho intramolecular Hbond substituents is 1. The Hall–Kier alpha value is -1.75. The molecule has 0 atom stereocenters. The second-order valence-corrected chi connectivity index (χ2v) is 3.25. The lowest BCUT2D eigenvalue weighted by atomic mass is 10.1. The van der Waals surface area contributed by atoms with Gasteiger partial charge in [-0.15, -0.1) is 0 Å². The Morgan fingerprint density at radius 2 is 2.27 bits per heavy atom. The van der Waals surface area contributed by atoms with Crippen LogP contribution >= 0.6 is 0 Å². The van der Waals surface area contributed by atoms with E-state index in [0.717, 1.165) is 0 Å². The van der Waals surface area contributed by atoms with Gasteiger partial charge in [0, 0.05) is 6.54 Å². The maximum Gasteiger partial charge on any atom is 0.260 e. The molecule has 2 rings (SSSR count). The number of benzene rings is 1. The summed E-state index contributed by atoms with van der Waals surface area (Å²) in [4.78, 5) is 13.2. The Morgan fingerprint density at radius 1 is 1.47 bits per heavy atom. The van der Waals surface area contributed by atoms with Gasteiger partial charge in [-0.3, -0.25) is 4.79 Å². The molecule has 80 valence electrons. The van der Waals surface area contributed by atoms with E-state index in [1.165, 1.54) is 17.0 Å². The lowest BCUT2D eigenvalue weighted by Crippen LogP contribution is -2.40. The van der Waals surface area contributed by atoms with Crippen LogP contribution in [0, 0.1) is 0 Å². The first-order valence-electron chi connectivity index (χ1n) is 4.58. The highest BCUT2D eigenvalue weighted by Crippen LogP contribution is 2.27. The summed E-state index contributed by atoms with van der Waals surface area (Å²) in [5, 5.41) is 18.0. The number of hydrogen-bond acceptors (Lipinski definition) is 4. The van der Waals surface area contributed by atoms with Crippen molar-refractivity contribution < 1.29 is 19.7 Å². The molecular formula is C10H11NO4. The van der Waals surface area contributed by atoms with Crippen molar-refractivity contribution in [2.24, 2.45) is 0 Å². The van der Waals surface area contributed by atoms with Gasteiger partial charge in [-0.1, -0.05) is 0 Å². The fraction of sp³-hybridized carbons (Fsp3) is 0.300. The Kier molecular flexibility index (Phi) is 2.47. The molecule has 0 spiro atoms. The van der Waals surface area contributed by atoms with Crippen LogP contribution in [-0.2, 0) is 0 Å². The van der Waals surface area contributed by atoms with Crippen LogP contribution in [0.1, 0.15) is 10.4 Å². The van der Waals surface area contributed by atoms with Crippen molar-refractivity contribution in [1.29, 1.82) is 0 Å². The zero-order chi connectivity index (χ0) is 10.8. The molecule has 0 radical (unpaired) electrons. The van der Waals surface area contributed by atoms with Crippen molar-refractivity contribution in [3.63, 3.8) is 0 Å². The molecule has 0 unspecified atom stereocenters. The van der Waals surface area contributed by atoms with Gasteiger partial charge in [-0.05, 0) is 18.2 Å². The number of β-amino-alcohol motifs (C(OH)–C–C–N with tert-alkyl or cyclic N) is 1. The van der Waals surface area contributed by atoms with E-state index >= 15 is 0 Å². The molecule has 5 heteroatoms. The predicted molar refractivity (Wildman–Crippen MR) is 51.7 cm³/mol. The molecule has 1 aromatic carbocycles. The van der Waals surface area contributed by atoms with Gasteiger partial charge < -0.3 is 19.8 Å². The van der Waals surface area contributed by atoms with Crippen LogP contribution in [0.5, 0.6) is 11.5 Å². The summed E-state index contributed by atoms with van der Waals surface area (Å²) in [6.45, 7) is 0.258. The number of carbonyl (C=O) groups excluding carboxylic acids is 1. The van der Waals surface area contributed by atoms with E-state index in [1.54, 1.807) is 6.07 Å². The van der Waals surface area contributed by atoms with E-state index in [1.807, 2.05) is 0 Å². The van der Waals surface area contributed by atoms with E-state index < -0.39 is 0 Å². The number of carbonyl (C=O) groups is 1. The van der Waals surface area contributed by atoms with Crippen molar-refractivity contribution in [2.75, 3.05) is 19.9 Å². The molecule has 0 fully saturated rings. The Bertz CT molecular complexity index is 391. The summed E-state index contributed by atoms with van der Waals surface area (Å²) in [5.41, 5.74) is 0.328. The molecule has 1 aliphatic rings. The molecule has 0 saturated carbocycles. The molecule has 2 N–H and O–H groups in total. The molecule has 1 heterocycles. The minimum absolute atomic E-state index is 0.0246. The fourth-order valence-electron chi connectivity index (χ4n) is 1.47. The van der Waals surface area contributed by atoms with Crippen LogP contribution in [0.2, 0.25) is 0 Å². The van der Waals surface area contributed by atoms with Crippen molar-refractivity contribution in [1.82, 2.24) is 4.90 Å². The van der Waals surface area contributed by atoms with Crippen LogP contribution in [-0.4, -0.2) is 40.9 Å². The molecule has 1 amide bonds. The topological polar surface area (TPSA) is 70.0 Å². The number of aliphatic hydroxyl groups excluding tert-OH is 1. The third kappa shape index (κ3) is 1.73. The van der Waals surface area contributed by atoms with Gasteiger partial charge in [0.15, 0.2) is 6.73 Å². The van der Waals surface area contributed by atoms with Crippen LogP contribution in [0.25, 0.3) is 0 Å². The van der Waals surface area contributed by atoms with Gasteiger partial charge in [0.1, 0.15) is 11.5 Å². The lowest BCUT2D eigenvalue weighted by molar-refractivity contribution is 0.0469. The van der Waals surface area contributed by atoms with Gasteiger partial charge in [0.25, 0.3) is 5.91 Å². The third-order valence-electron chi connectivity index (χ3n) is 2.23. The van der Waals surface area contributed by atoms with Gasteiger partial charge >= 0.3 is 0 Å². The van der Waals surface area contributed by atoms with Crippen LogP contribution in [0.15, 0.2) is 18.2 Å². The highest BCUT2D eigenvalue weighted by Gasteiger charge is 2.25. The van der Waals surface area contributed by atoms with Crippen molar-refractivity contribution in [3.05, 3.63) is 23.8 Å². The van der Waals surface area contributed by atoms with Crippen LogP contribution in [0.4, 0.5) is 0 Å². The molecular weight excluding hydrogens is 198 g/mol. The maximum absolute atomic E-state index is 11.8. The summed E-state index contributed by atoms with van der Waals surface area (Å²) in [6.07, 6.45) is 0. The summed E-state index contributed by atoms with van der Waals surface area (Å²) in [7, 11) is 0. The Morgan fingerprint density at radius 3 is 3.00 bits per heavy atom. The SMILES string of the molecule is O=C1c2cc(O)ccc2OCN1CCO. The largest absolute Gasteiger partial charge is 0.508 e. The first kappa shape index (κ1) is 9.79. The number of fused-ring (bicyclic) bond motifs is 1. The molecule has 15 heavy (non-hydrogen) atoms. The predicted octanol–water partition coefficient (Wildman–Crippen LogP) is 0.177. The number of aliphatic hydroxyl groups is 1. The minimum atomic E-state index is -0.235. The second-order valence-electron chi connectivity index (χ2n) is 3.25. The van der Waals surface area contributed by atoms with Crippen molar-refractivity contribution in [3.8, 4) is 11.5 Å². The maximum atomic E-state index is 11.8. The number of aromatic hydroxyl groups is 1. The Labute approximate surface area is 86.5 Å². The number of amides is 1. The molecule has 0 bridgehead atoms. The fourth-order valence-corrected chi connectivity index (χ4v) is 1.47. The zero-order valence-electron chi connectivity index (χ0n) is 8.01. The summed E-state index contributed by atoms with van der Waals surface area (Å²) < 4.78 is 5.30. The van der Waals surface area contributed by atoms with E-state index in [0.29, 0.717) is 11.3 Å². The van der Waals surface area contributed by atoms with E-state index in [4.69, 9.17) is 9.84 Å². The molecule has 0 saturated heterocycles. The monoisotopic (exact) mass is 209 g/mol. The number of rotatable bonds is 2. The van der Waals surface area contributed by atoms with Crippen LogP contribution < -0.4 is 4.74 Å². The highest BCUT2D eigenvalue weighted by molar-refractivity contribution is 5.98. The van der Waals surface area contributed by atoms with Gasteiger partial charge in [0.2, 0.25) is 0 Å². The number of ether oxygens (including phenoxy) is 1. The Balaban J connectivity index is 2.32. The van der Waals surface area contributed by atoms with Gasteiger partial charge in [-0.25, -0.2) is 0 Å². The smallest absolute Gasteiger partial charge is 0.260 e. The summed E-state index contributed by atoms with van der Waals surface area (Å²) in [5.74, 6) is 0.254. The third-order valence-corrected chi connectivity index (χ3v) is 2.23. The number of nitrogens with zero attached hydrogens (tertiary/aromatic N) is 1. The summed E-state index contributed by atoms with van der Waals surface area (Å²) >= 11 is 0. The molecule has 0 aromatic heterocycles. The van der Waals surface area contributed by atoms with Gasteiger partial charge in [-0.2, -0.15) is 0 Å². The first-order valence-corrected chi connectivity index (χ1v) is 4.58. The second kappa shape index (κ2) is 3.78. The molecule has 1 aliphatic heterocycles. The van der Waals surface area contributed by atoms with Crippen LogP contribution in [0.3, 0.4) is 0 Å². The molecule has 0 aliphatic carbocycles. The number of phenols is 1.